The lowest BCUT2D eigenvalue weighted by Gasteiger charge is -2.26. The normalized spacial score (nSPS) is 11.3. The van der Waals surface area contributed by atoms with E-state index in [1.807, 2.05) is 56.4 Å². The van der Waals surface area contributed by atoms with Crippen LogP contribution in [-0.4, -0.2) is 84.0 Å². The summed E-state index contributed by atoms with van der Waals surface area (Å²) in [6, 6.07) is 11.2. The van der Waals surface area contributed by atoms with Crippen molar-refractivity contribution in [3.8, 4) is 17.1 Å². The summed E-state index contributed by atoms with van der Waals surface area (Å²) in [6.07, 6.45) is 2.26. The predicted octanol–water partition coefficient (Wildman–Crippen LogP) is 5.22. The second-order valence-corrected chi connectivity index (χ2v) is 11.3. The zero-order chi connectivity index (χ0) is 33.1. The summed E-state index contributed by atoms with van der Waals surface area (Å²) < 4.78 is 19.0. The third-order valence-corrected chi connectivity index (χ3v) is 7.23. The first-order chi connectivity index (χ1) is 22.0. The predicted molar refractivity (Wildman–Crippen MR) is 179 cm³/mol. The Balaban J connectivity index is 1.63. The minimum atomic E-state index is -0.583. The molecule has 5 aromatic rings. The molecule has 1 amide bonds. The van der Waals surface area contributed by atoms with Gasteiger partial charge in [0.25, 0.3) is 0 Å². The van der Waals surface area contributed by atoms with E-state index in [0.717, 1.165) is 17.6 Å². The number of anilines is 4. The number of para-hydroxylation sites is 1. The van der Waals surface area contributed by atoms with E-state index in [4.69, 9.17) is 24.0 Å². The van der Waals surface area contributed by atoms with E-state index in [2.05, 4.69) is 27.1 Å². The first-order valence-corrected chi connectivity index (χ1v) is 14.7. The Kier molecular flexibility index (Phi) is 9.23. The van der Waals surface area contributed by atoms with Gasteiger partial charge in [-0.15, -0.1) is 0 Å². The Labute approximate surface area is 266 Å². The largest absolute Gasteiger partial charge is 0.494 e. The number of hydrogen-bond donors (Lipinski definition) is 2. The number of benzene rings is 2. The number of methoxy groups -OCH3 is 1. The summed E-state index contributed by atoms with van der Waals surface area (Å²) in [5, 5.41) is 12.3. The SMILES string of the molecule is C=CC(=O)Nc1cc(Nc2ncc(C(=O)OC(C)C)c(-c3nn(C)c4oc5ccccc5c34)n2)c(OC)cc1N(C)CCN(C)C. The molecule has 0 radical (unpaired) electrons. The number of fused-ring (bicyclic) bond motifs is 3. The van der Waals surface area contributed by atoms with E-state index in [1.165, 1.54) is 12.3 Å². The molecule has 0 unspecified atom stereocenters. The Hall–Kier alpha value is -5.43. The molecule has 0 aliphatic carbocycles. The minimum Gasteiger partial charge on any atom is -0.494 e. The molecule has 0 atom stereocenters. The first-order valence-electron chi connectivity index (χ1n) is 14.7. The molecule has 2 N–H and O–H groups in total. The van der Waals surface area contributed by atoms with Crippen LogP contribution in [0.15, 0.2) is 59.7 Å². The van der Waals surface area contributed by atoms with Gasteiger partial charge >= 0.3 is 5.97 Å². The number of furan rings is 1. The van der Waals surface area contributed by atoms with Crippen LogP contribution in [0.2, 0.25) is 0 Å². The molecular formula is C33H38N8O5. The zero-order valence-corrected chi connectivity index (χ0v) is 27.0. The van der Waals surface area contributed by atoms with Gasteiger partial charge in [0.2, 0.25) is 17.6 Å². The average molecular weight is 627 g/mol. The highest BCUT2D eigenvalue weighted by Crippen LogP contribution is 2.40. The van der Waals surface area contributed by atoms with Crippen molar-refractivity contribution in [3.05, 3.63) is 60.8 Å². The highest BCUT2D eigenvalue weighted by molar-refractivity contribution is 6.12. The molecule has 0 spiro atoms. The summed E-state index contributed by atoms with van der Waals surface area (Å²) in [6.45, 7) is 8.62. The lowest BCUT2D eigenvalue weighted by Crippen LogP contribution is -2.29. The van der Waals surface area contributed by atoms with Crippen molar-refractivity contribution in [2.45, 2.75) is 20.0 Å². The van der Waals surface area contributed by atoms with Crippen molar-refractivity contribution in [2.24, 2.45) is 7.05 Å². The average Bonchev–Trinajstić information content (AvgIpc) is 3.56. The molecule has 13 nitrogen and oxygen atoms in total. The molecule has 0 fully saturated rings. The van der Waals surface area contributed by atoms with Gasteiger partial charge < -0.3 is 34.3 Å². The molecule has 0 bridgehead atoms. The third kappa shape index (κ3) is 6.49. The minimum absolute atomic E-state index is 0.147. The fourth-order valence-electron chi connectivity index (χ4n) is 4.98. The number of aryl methyl sites for hydroxylation is 1. The maximum Gasteiger partial charge on any atom is 0.342 e. The standard InChI is InChI=1S/C33H38N8O5/c1-9-27(42)35-22-16-23(26(44-8)17-24(22)40(6)15-14-39(4)5)36-33-34-18-21(32(43)45-19(2)3)29(37-33)30-28-20-12-10-11-13-25(20)46-31(28)41(7)38-30/h9-13,16-19H,1,14-15H2,2-8H3,(H,35,42)(H,34,36,37). The summed E-state index contributed by atoms with van der Waals surface area (Å²) in [5.41, 5.74) is 3.82. The highest BCUT2D eigenvalue weighted by atomic mass is 16.5. The number of aromatic nitrogens is 4. The van der Waals surface area contributed by atoms with Crippen LogP contribution in [0.1, 0.15) is 24.2 Å². The van der Waals surface area contributed by atoms with Crippen LogP contribution in [0.3, 0.4) is 0 Å². The number of nitrogens with zero attached hydrogens (tertiary/aromatic N) is 6. The number of ether oxygens (including phenoxy) is 2. The number of carbonyl (C=O) groups excluding carboxylic acids is 2. The molecule has 0 aliphatic heterocycles. The zero-order valence-electron chi connectivity index (χ0n) is 27.0. The number of rotatable bonds is 12. The smallest absolute Gasteiger partial charge is 0.342 e. The third-order valence-electron chi connectivity index (χ3n) is 7.23. The van der Waals surface area contributed by atoms with Crippen LogP contribution >= 0.6 is 0 Å². The molecular weight excluding hydrogens is 588 g/mol. The molecule has 3 heterocycles. The van der Waals surface area contributed by atoms with E-state index in [-0.39, 0.29) is 29.2 Å². The van der Waals surface area contributed by atoms with Crippen LogP contribution in [0.4, 0.5) is 23.0 Å². The van der Waals surface area contributed by atoms with Gasteiger partial charge in [-0.05, 0) is 46.2 Å². The lowest BCUT2D eigenvalue weighted by molar-refractivity contribution is -0.111. The first kappa shape index (κ1) is 32.0. The number of likely N-dealkylation sites (N-methyl/N-ethyl adjacent to an activating group) is 2. The van der Waals surface area contributed by atoms with Gasteiger partial charge in [0.1, 0.15) is 28.3 Å². The molecule has 0 aliphatic rings. The number of nitrogens with one attached hydrogen (secondary N) is 2. The Morgan fingerprint density at radius 1 is 1.11 bits per heavy atom. The Morgan fingerprint density at radius 2 is 1.87 bits per heavy atom. The van der Waals surface area contributed by atoms with E-state index < -0.39 is 5.97 Å². The van der Waals surface area contributed by atoms with E-state index >= 15 is 0 Å². The summed E-state index contributed by atoms with van der Waals surface area (Å²) in [4.78, 5) is 39.0. The molecule has 240 valence electrons. The van der Waals surface area contributed by atoms with Crippen molar-refractivity contribution >= 4 is 57.0 Å². The van der Waals surface area contributed by atoms with Gasteiger partial charge in [0.15, 0.2) is 0 Å². The number of amides is 1. The Morgan fingerprint density at radius 3 is 2.57 bits per heavy atom. The Bertz CT molecular complexity index is 1930. The molecule has 3 aromatic heterocycles. The second kappa shape index (κ2) is 13.3. The summed E-state index contributed by atoms with van der Waals surface area (Å²) in [5.74, 6) is -0.301. The van der Waals surface area contributed by atoms with Gasteiger partial charge in [-0.25, -0.2) is 19.4 Å². The van der Waals surface area contributed by atoms with Gasteiger partial charge in [0, 0.05) is 44.8 Å². The van der Waals surface area contributed by atoms with Gasteiger partial charge in [0.05, 0.1) is 35.7 Å². The molecule has 13 heteroatoms. The highest BCUT2D eigenvalue weighted by Gasteiger charge is 2.26. The van der Waals surface area contributed by atoms with E-state index in [1.54, 1.807) is 38.8 Å². The monoisotopic (exact) mass is 626 g/mol. The second-order valence-electron chi connectivity index (χ2n) is 11.3. The van der Waals surface area contributed by atoms with Crippen LogP contribution in [0.5, 0.6) is 5.75 Å². The van der Waals surface area contributed by atoms with Gasteiger partial charge in [-0.1, -0.05) is 24.8 Å². The topological polar surface area (TPSA) is 140 Å². The van der Waals surface area contributed by atoms with Crippen LogP contribution in [0.25, 0.3) is 33.5 Å². The maximum atomic E-state index is 13.3. The molecule has 0 saturated heterocycles. The molecule has 2 aromatic carbocycles. The van der Waals surface area contributed by atoms with Crippen molar-refractivity contribution in [1.82, 2.24) is 24.6 Å². The summed E-state index contributed by atoms with van der Waals surface area (Å²) >= 11 is 0. The van der Waals surface area contributed by atoms with Crippen molar-refractivity contribution in [1.29, 1.82) is 0 Å². The van der Waals surface area contributed by atoms with Crippen LogP contribution in [0, 0.1) is 0 Å². The molecule has 46 heavy (non-hydrogen) atoms. The summed E-state index contributed by atoms with van der Waals surface area (Å²) in [7, 11) is 9.25. The van der Waals surface area contributed by atoms with Gasteiger partial charge in [-0.2, -0.15) is 5.10 Å². The number of carbonyl (C=O) groups is 2. The van der Waals surface area contributed by atoms with Gasteiger partial charge in [-0.3, -0.25) is 4.79 Å². The van der Waals surface area contributed by atoms with E-state index in [0.29, 0.717) is 46.0 Å². The number of esters is 1. The maximum absolute atomic E-state index is 13.3. The van der Waals surface area contributed by atoms with Crippen LogP contribution in [-0.2, 0) is 16.6 Å². The molecule has 5 rings (SSSR count). The fraction of sp³-hybridized carbons (Fsp3) is 0.303. The van der Waals surface area contributed by atoms with E-state index in [9.17, 15) is 9.59 Å². The van der Waals surface area contributed by atoms with Crippen molar-refractivity contribution in [3.63, 3.8) is 0 Å². The fourth-order valence-corrected chi connectivity index (χ4v) is 4.98. The van der Waals surface area contributed by atoms with Crippen molar-refractivity contribution in [2.75, 3.05) is 56.9 Å². The molecule has 0 saturated carbocycles. The van der Waals surface area contributed by atoms with Crippen molar-refractivity contribution < 1.29 is 23.5 Å². The number of hydrogen-bond acceptors (Lipinski definition) is 11. The quantitative estimate of drug-likeness (QED) is 0.139. The lowest BCUT2D eigenvalue weighted by atomic mass is 10.1. The van der Waals surface area contributed by atoms with Crippen LogP contribution < -0.4 is 20.3 Å².